The maximum absolute atomic E-state index is 5.19. The van der Waals surface area contributed by atoms with E-state index >= 15 is 0 Å². The fourth-order valence-corrected chi connectivity index (χ4v) is 1.16. The van der Waals surface area contributed by atoms with Crippen LogP contribution in [0, 0.1) is 0 Å². The van der Waals surface area contributed by atoms with Gasteiger partial charge in [-0.2, -0.15) is 0 Å². The first-order valence-corrected chi connectivity index (χ1v) is 3.57. The van der Waals surface area contributed by atoms with Crippen LogP contribution in [0.4, 0.5) is 0 Å². The molecule has 1 unspecified atom stereocenters. The second kappa shape index (κ2) is 2.91. The van der Waals surface area contributed by atoms with Gasteiger partial charge in [0, 0.05) is 11.1 Å². The van der Waals surface area contributed by atoms with E-state index in [1.54, 1.807) is 16.8 Å². The summed E-state index contributed by atoms with van der Waals surface area (Å²) in [4.78, 5) is 5.08. The Morgan fingerprint density at radius 1 is 1.89 bits per heavy atom. The number of hydrogen-bond acceptors (Lipinski definition) is 4. The van der Waals surface area contributed by atoms with Crippen molar-refractivity contribution in [3.8, 4) is 0 Å². The average molecular weight is 143 g/mol. The van der Waals surface area contributed by atoms with Crippen molar-refractivity contribution >= 4 is 11.3 Å². The fourth-order valence-electron chi connectivity index (χ4n) is 0.522. The fraction of sp³-hybridized carbons (Fsp3) is 0.400. The van der Waals surface area contributed by atoms with Gasteiger partial charge in [0.15, 0.2) is 0 Å². The van der Waals surface area contributed by atoms with Gasteiger partial charge in [-0.05, 0) is 6.92 Å². The summed E-state index contributed by atoms with van der Waals surface area (Å²) in [7, 11) is 0. The maximum Gasteiger partial charge on any atom is 0.0794 e. The lowest BCUT2D eigenvalue weighted by Gasteiger charge is -2.03. The van der Waals surface area contributed by atoms with Gasteiger partial charge < -0.3 is 0 Å². The van der Waals surface area contributed by atoms with Crippen molar-refractivity contribution in [1.82, 2.24) is 10.4 Å². The molecule has 0 radical (unpaired) electrons. The number of hydrazine groups is 1. The van der Waals surface area contributed by atoms with Crippen molar-refractivity contribution in [3.63, 3.8) is 0 Å². The molecule has 0 amide bonds. The number of thiazole rings is 1. The largest absolute Gasteiger partial charge is 0.271 e. The van der Waals surface area contributed by atoms with E-state index in [0.717, 1.165) is 4.88 Å². The summed E-state index contributed by atoms with van der Waals surface area (Å²) >= 11 is 1.60. The van der Waals surface area contributed by atoms with Crippen LogP contribution in [0.15, 0.2) is 11.7 Å². The van der Waals surface area contributed by atoms with Gasteiger partial charge in [-0.15, -0.1) is 11.3 Å². The van der Waals surface area contributed by atoms with E-state index in [2.05, 4.69) is 10.4 Å². The van der Waals surface area contributed by atoms with Crippen LogP contribution in [0.5, 0.6) is 0 Å². The highest BCUT2D eigenvalue weighted by Crippen LogP contribution is 2.14. The zero-order chi connectivity index (χ0) is 6.69. The normalized spacial score (nSPS) is 13.6. The number of rotatable bonds is 2. The van der Waals surface area contributed by atoms with Crippen LogP contribution in [0.2, 0.25) is 0 Å². The summed E-state index contributed by atoms with van der Waals surface area (Å²) in [6.45, 7) is 1.99. The average Bonchev–Trinajstić information content (AvgIpc) is 2.37. The molecule has 4 heteroatoms. The lowest BCUT2D eigenvalue weighted by atomic mass is 10.3. The third-order valence-corrected chi connectivity index (χ3v) is 2.09. The zero-order valence-corrected chi connectivity index (χ0v) is 5.98. The van der Waals surface area contributed by atoms with Crippen LogP contribution >= 0.6 is 11.3 Å². The summed E-state index contributed by atoms with van der Waals surface area (Å²) in [6, 6.07) is 0.220. The Morgan fingerprint density at radius 3 is 3.11 bits per heavy atom. The second-order valence-electron chi connectivity index (χ2n) is 1.79. The molecule has 0 saturated heterocycles. The molecule has 0 aliphatic heterocycles. The van der Waals surface area contributed by atoms with Crippen molar-refractivity contribution in [1.29, 1.82) is 0 Å². The minimum absolute atomic E-state index is 0.220. The van der Waals surface area contributed by atoms with Gasteiger partial charge in [-0.1, -0.05) is 0 Å². The van der Waals surface area contributed by atoms with Gasteiger partial charge in [-0.25, -0.2) is 0 Å². The summed E-state index contributed by atoms with van der Waals surface area (Å²) < 4.78 is 0. The standard InChI is InChI=1S/C5H9N3S/c1-4(8-6)5-2-7-3-9-5/h2-4,8H,6H2,1H3. The number of aromatic nitrogens is 1. The van der Waals surface area contributed by atoms with E-state index in [0.29, 0.717) is 0 Å². The smallest absolute Gasteiger partial charge is 0.0794 e. The maximum atomic E-state index is 5.19. The highest BCUT2D eigenvalue weighted by molar-refractivity contribution is 7.09. The van der Waals surface area contributed by atoms with Crippen molar-refractivity contribution in [2.75, 3.05) is 0 Å². The minimum atomic E-state index is 0.220. The summed E-state index contributed by atoms with van der Waals surface area (Å²) in [5, 5.41) is 0. The van der Waals surface area contributed by atoms with Gasteiger partial charge in [0.25, 0.3) is 0 Å². The third kappa shape index (κ3) is 1.48. The lowest BCUT2D eigenvalue weighted by molar-refractivity contribution is 0.611. The molecule has 9 heavy (non-hydrogen) atoms. The van der Waals surface area contributed by atoms with E-state index in [4.69, 9.17) is 5.84 Å². The first-order chi connectivity index (χ1) is 4.34. The first kappa shape index (κ1) is 6.67. The Hall–Kier alpha value is -0.450. The van der Waals surface area contributed by atoms with Crippen LogP contribution in [-0.2, 0) is 0 Å². The second-order valence-corrected chi connectivity index (χ2v) is 2.71. The SMILES string of the molecule is CC(NN)c1cncs1. The Kier molecular flexibility index (Phi) is 2.16. The molecule has 0 spiro atoms. The van der Waals surface area contributed by atoms with Crippen LogP contribution in [-0.4, -0.2) is 4.98 Å². The molecule has 50 valence electrons. The zero-order valence-electron chi connectivity index (χ0n) is 5.16. The molecule has 0 aromatic carbocycles. The molecule has 1 aromatic heterocycles. The first-order valence-electron chi connectivity index (χ1n) is 2.69. The molecular formula is C5H9N3S. The molecule has 0 aliphatic carbocycles. The molecule has 0 saturated carbocycles. The molecule has 0 fully saturated rings. The quantitative estimate of drug-likeness (QED) is 0.472. The number of hydrogen-bond donors (Lipinski definition) is 2. The van der Waals surface area contributed by atoms with Crippen molar-refractivity contribution in [3.05, 3.63) is 16.6 Å². The number of nitrogens with one attached hydrogen (secondary N) is 1. The third-order valence-electron chi connectivity index (χ3n) is 1.13. The molecule has 1 aromatic rings. The summed E-state index contributed by atoms with van der Waals surface area (Å²) in [5.74, 6) is 5.19. The molecule has 0 bridgehead atoms. The van der Waals surface area contributed by atoms with E-state index < -0.39 is 0 Å². The van der Waals surface area contributed by atoms with Gasteiger partial charge >= 0.3 is 0 Å². The van der Waals surface area contributed by atoms with Crippen LogP contribution in [0.1, 0.15) is 17.8 Å². The molecular weight excluding hydrogens is 134 g/mol. The predicted octanol–water partition coefficient (Wildman–Crippen LogP) is 0.667. The van der Waals surface area contributed by atoms with Crippen molar-refractivity contribution < 1.29 is 0 Å². The summed E-state index contributed by atoms with van der Waals surface area (Å²) in [6.07, 6.45) is 1.81. The highest BCUT2D eigenvalue weighted by Gasteiger charge is 2.01. The van der Waals surface area contributed by atoms with E-state index in [1.165, 1.54) is 0 Å². The topological polar surface area (TPSA) is 50.9 Å². The van der Waals surface area contributed by atoms with Crippen LogP contribution in [0.25, 0.3) is 0 Å². The Balaban J connectivity index is 2.65. The molecule has 1 atom stereocenters. The Labute approximate surface area is 57.9 Å². The predicted molar refractivity (Wildman–Crippen MR) is 37.9 cm³/mol. The van der Waals surface area contributed by atoms with E-state index in [-0.39, 0.29) is 6.04 Å². The molecule has 3 N–H and O–H groups in total. The van der Waals surface area contributed by atoms with Crippen molar-refractivity contribution in [2.24, 2.45) is 5.84 Å². The molecule has 3 nitrogen and oxygen atoms in total. The lowest BCUT2D eigenvalue weighted by Crippen LogP contribution is -2.24. The van der Waals surface area contributed by atoms with Crippen LogP contribution < -0.4 is 11.3 Å². The number of nitrogens with zero attached hydrogens (tertiary/aromatic N) is 1. The van der Waals surface area contributed by atoms with Gasteiger partial charge in [0.1, 0.15) is 0 Å². The highest BCUT2D eigenvalue weighted by atomic mass is 32.1. The van der Waals surface area contributed by atoms with Gasteiger partial charge in [0.05, 0.1) is 11.6 Å². The summed E-state index contributed by atoms with van der Waals surface area (Å²) in [5.41, 5.74) is 4.43. The van der Waals surface area contributed by atoms with Crippen molar-refractivity contribution in [2.45, 2.75) is 13.0 Å². The Bertz CT molecular complexity index is 161. The monoisotopic (exact) mass is 143 g/mol. The number of nitrogens with two attached hydrogens (primary N) is 1. The molecule has 0 aliphatic rings. The minimum Gasteiger partial charge on any atom is -0.271 e. The van der Waals surface area contributed by atoms with Gasteiger partial charge in [0.2, 0.25) is 0 Å². The van der Waals surface area contributed by atoms with Crippen LogP contribution in [0.3, 0.4) is 0 Å². The molecule has 1 rings (SSSR count). The Morgan fingerprint density at radius 2 is 2.67 bits per heavy atom. The van der Waals surface area contributed by atoms with Gasteiger partial charge in [-0.3, -0.25) is 16.3 Å². The van der Waals surface area contributed by atoms with E-state index in [1.807, 2.05) is 13.1 Å². The molecule has 1 heterocycles. The van der Waals surface area contributed by atoms with E-state index in [9.17, 15) is 0 Å².